The number of carboxylic acid groups (broad SMARTS) is 2. The Kier molecular flexibility index (Phi) is 11.1. The lowest BCUT2D eigenvalue weighted by Gasteiger charge is -2.16. The number of hydrogen-bond donors (Lipinski definition) is 2. The molecule has 2 rings (SSSR count). The minimum Gasteiger partial charge on any atom is -0.478 e. The zero-order chi connectivity index (χ0) is 22.5. The second-order valence-corrected chi connectivity index (χ2v) is 8.86. The molecule has 0 aliphatic carbocycles. The Balaban J connectivity index is 1.81. The SMILES string of the molecule is CCCCCCCCCCCCc1ccsc1C(Oc1ccc(C(=O)O)cc1)C(=O)O. The Morgan fingerprint density at radius 1 is 0.871 bits per heavy atom. The van der Waals surface area contributed by atoms with Gasteiger partial charge in [-0.2, -0.15) is 0 Å². The normalized spacial score (nSPS) is 11.9. The number of unbranched alkanes of at least 4 members (excludes halogenated alkanes) is 9. The van der Waals surface area contributed by atoms with E-state index in [1.54, 1.807) is 0 Å². The van der Waals surface area contributed by atoms with Crippen LogP contribution in [0.3, 0.4) is 0 Å². The van der Waals surface area contributed by atoms with Crippen molar-refractivity contribution in [3.05, 3.63) is 51.7 Å². The minimum atomic E-state index is -1.09. The Morgan fingerprint density at radius 2 is 1.45 bits per heavy atom. The molecule has 2 N–H and O–H groups in total. The van der Waals surface area contributed by atoms with Crippen LogP contribution >= 0.6 is 11.3 Å². The van der Waals surface area contributed by atoms with E-state index in [0.717, 1.165) is 24.8 Å². The summed E-state index contributed by atoms with van der Waals surface area (Å²) >= 11 is 1.39. The summed E-state index contributed by atoms with van der Waals surface area (Å²) in [6.45, 7) is 2.24. The van der Waals surface area contributed by atoms with E-state index in [-0.39, 0.29) is 5.56 Å². The number of benzene rings is 1. The van der Waals surface area contributed by atoms with Crippen LogP contribution in [0.5, 0.6) is 5.75 Å². The van der Waals surface area contributed by atoms with Gasteiger partial charge in [-0.05, 0) is 54.1 Å². The topological polar surface area (TPSA) is 83.8 Å². The van der Waals surface area contributed by atoms with Crippen LogP contribution in [0.25, 0.3) is 0 Å². The first-order valence-corrected chi connectivity index (χ1v) is 12.2. The van der Waals surface area contributed by atoms with Crippen LogP contribution in [-0.4, -0.2) is 22.2 Å². The molecular formula is C25H34O5S. The maximum Gasteiger partial charge on any atom is 0.350 e. The first-order valence-electron chi connectivity index (χ1n) is 11.3. The molecule has 0 aliphatic rings. The van der Waals surface area contributed by atoms with Crippen molar-refractivity contribution in [3.63, 3.8) is 0 Å². The predicted molar refractivity (Wildman–Crippen MR) is 124 cm³/mol. The van der Waals surface area contributed by atoms with Gasteiger partial charge in [0.2, 0.25) is 6.10 Å². The monoisotopic (exact) mass is 446 g/mol. The number of carbonyl (C=O) groups is 2. The highest BCUT2D eigenvalue weighted by atomic mass is 32.1. The van der Waals surface area contributed by atoms with Crippen LogP contribution in [-0.2, 0) is 11.2 Å². The lowest BCUT2D eigenvalue weighted by Crippen LogP contribution is -2.18. The summed E-state index contributed by atoms with van der Waals surface area (Å²) in [6, 6.07) is 7.80. The van der Waals surface area contributed by atoms with Crippen LogP contribution < -0.4 is 4.74 Å². The largest absolute Gasteiger partial charge is 0.478 e. The fraction of sp³-hybridized carbons (Fsp3) is 0.520. The van der Waals surface area contributed by atoms with Crippen molar-refractivity contribution in [1.29, 1.82) is 0 Å². The molecule has 2 aromatic rings. The summed E-state index contributed by atoms with van der Waals surface area (Å²) in [5, 5.41) is 20.6. The van der Waals surface area contributed by atoms with Gasteiger partial charge in [0.05, 0.1) is 10.4 Å². The van der Waals surface area contributed by atoms with Gasteiger partial charge in [0.15, 0.2) is 0 Å². The van der Waals surface area contributed by atoms with E-state index in [4.69, 9.17) is 9.84 Å². The molecule has 1 aromatic carbocycles. The molecule has 0 fully saturated rings. The number of thiophene rings is 1. The second-order valence-electron chi connectivity index (χ2n) is 7.91. The smallest absolute Gasteiger partial charge is 0.350 e. The molecule has 170 valence electrons. The van der Waals surface area contributed by atoms with Crippen molar-refractivity contribution in [2.45, 2.75) is 83.7 Å². The molecule has 0 aliphatic heterocycles. The quantitative estimate of drug-likeness (QED) is 0.268. The predicted octanol–water partition coefficient (Wildman–Crippen LogP) is 7.11. The molecule has 0 saturated carbocycles. The van der Waals surface area contributed by atoms with Gasteiger partial charge in [-0.1, -0.05) is 64.7 Å². The highest BCUT2D eigenvalue weighted by Gasteiger charge is 2.26. The molecule has 5 nitrogen and oxygen atoms in total. The first kappa shape index (κ1) is 24.9. The van der Waals surface area contributed by atoms with E-state index >= 15 is 0 Å². The van der Waals surface area contributed by atoms with Crippen molar-refractivity contribution in [2.75, 3.05) is 0 Å². The second kappa shape index (κ2) is 13.9. The zero-order valence-electron chi connectivity index (χ0n) is 18.3. The third kappa shape index (κ3) is 8.74. The molecule has 0 saturated heterocycles. The number of aromatic carboxylic acids is 1. The summed E-state index contributed by atoms with van der Waals surface area (Å²) in [6.07, 6.45) is 12.4. The molecule has 0 spiro atoms. The van der Waals surface area contributed by atoms with Gasteiger partial charge in [-0.15, -0.1) is 11.3 Å². The third-order valence-electron chi connectivity index (χ3n) is 5.40. The van der Waals surface area contributed by atoms with E-state index in [9.17, 15) is 14.7 Å². The van der Waals surface area contributed by atoms with Crippen LogP contribution in [0.1, 0.15) is 98.0 Å². The van der Waals surface area contributed by atoms with Gasteiger partial charge in [0, 0.05) is 0 Å². The Bertz CT molecular complexity index is 796. The summed E-state index contributed by atoms with van der Waals surface area (Å²) in [5.74, 6) is -1.73. The number of carboxylic acids is 2. The Hall–Kier alpha value is -2.34. The van der Waals surface area contributed by atoms with Crippen LogP contribution in [0.2, 0.25) is 0 Å². The summed E-state index contributed by atoms with van der Waals surface area (Å²) in [7, 11) is 0. The van der Waals surface area contributed by atoms with Crippen LogP contribution in [0.15, 0.2) is 35.7 Å². The van der Waals surface area contributed by atoms with Crippen molar-refractivity contribution in [1.82, 2.24) is 0 Å². The van der Waals surface area contributed by atoms with Gasteiger partial charge >= 0.3 is 11.9 Å². The highest BCUT2D eigenvalue weighted by molar-refractivity contribution is 7.10. The van der Waals surface area contributed by atoms with Crippen molar-refractivity contribution in [2.24, 2.45) is 0 Å². The van der Waals surface area contributed by atoms with Crippen molar-refractivity contribution in [3.8, 4) is 5.75 Å². The van der Waals surface area contributed by atoms with Crippen LogP contribution in [0.4, 0.5) is 0 Å². The number of aliphatic carboxylic acids is 1. The van der Waals surface area contributed by atoms with E-state index in [0.29, 0.717) is 10.6 Å². The maximum atomic E-state index is 11.9. The molecule has 1 aromatic heterocycles. The van der Waals surface area contributed by atoms with Gasteiger partial charge in [-0.3, -0.25) is 0 Å². The van der Waals surface area contributed by atoms with Gasteiger partial charge < -0.3 is 14.9 Å². The molecule has 0 radical (unpaired) electrons. The standard InChI is InChI=1S/C25H34O5S/c1-2-3-4-5-6-7-8-9-10-11-12-19-17-18-31-23(19)22(25(28)29)30-21-15-13-20(14-16-21)24(26)27/h13-18,22H,2-12H2,1H3,(H,26,27)(H,28,29). The highest BCUT2D eigenvalue weighted by Crippen LogP contribution is 2.31. The lowest BCUT2D eigenvalue weighted by atomic mass is 10.0. The summed E-state index contributed by atoms with van der Waals surface area (Å²) < 4.78 is 5.71. The van der Waals surface area contributed by atoms with Gasteiger partial charge in [0.1, 0.15) is 5.75 Å². The van der Waals surface area contributed by atoms with Gasteiger partial charge in [0.25, 0.3) is 0 Å². The zero-order valence-corrected chi connectivity index (χ0v) is 19.2. The van der Waals surface area contributed by atoms with Crippen LogP contribution in [0, 0.1) is 0 Å². The maximum absolute atomic E-state index is 11.9. The summed E-state index contributed by atoms with van der Waals surface area (Å²) in [5.41, 5.74) is 1.16. The van der Waals surface area contributed by atoms with E-state index in [1.807, 2.05) is 11.4 Å². The van der Waals surface area contributed by atoms with E-state index in [1.165, 1.54) is 87.0 Å². The Morgan fingerprint density at radius 3 is 2.00 bits per heavy atom. The van der Waals surface area contributed by atoms with E-state index < -0.39 is 18.0 Å². The average Bonchev–Trinajstić information content (AvgIpc) is 3.21. The molecule has 6 heteroatoms. The average molecular weight is 447 g/mol. The molecule has 1 atom stereocenters. The van der Waals surface area contributed by atoms with E-state index in [2.05, 4.69) is 6.92 Å². The fourth-order valence-corrected chi connectivity index (χ4v) is 4.59. The van der Waals surface area contributed by atoms with Crippen molar-refractivity contribution < 1.29 is 24.5 Å². The molecule has 0 amide bonds. The van der Waals surface area contributed by atoms with Crippen molar-refractivity contribution >= 4 is 23.3 Å². The summed E-state index contributed by atoms with van der Waals surface area (Å²) in [4.78, 5) is 23.6. The molecule has 1 heterocycles. The fourth-order valence-electron chi connectivity index (χ4n) is 3.62. The Labute approximate surface area is 189 Å². The number of aryl methyl sites for hydroxylation is 1. The number of rotatable bonds is 16. The number of hydrogen-bond acceptors (Lipinski definition) is 4. The molecular weight excluding hydrogens is 412 g/mol. The molecule has 0 bridgehead atoms. The molecule has 31 heavy (non-hydrogen) atoms. The third-order valence-corrected chi connectivity index (χ3v) is 6.40. The first-order chi connectivity index (χ1) is 15.0. The minimum absolute atomic E-state index is 0.136. The van der Waals surface area contributed by atoms with Gasteiger partial charge in [-0.25, -0.2) is 9.59 Å². The molecule has 1 unspecified atom stereocenters. The number of ether oxygens (including phenoxy) is 1. The lowest BCUT2D eigenvalue weighted by molar-refractivity contribution is -0.145.